The second kappa shape index (κ2) is 3.67. The Balaban J connectivity index is 2.00. The molecule has 1 heterocycles. The Kier molecular flexibility index (Phi) is 2.17. The van der Waals surface area contributed by atoms with Gasteiger partial charge < -0.3 is 5.73 Å². The molecule has 3 nitrogen and oxygen atoms in total. The lowest BCUT2D eigenvalue weighted by atomic mass is 9.82. The maximum atomic E-state index is 5.71. The zero-order valence-electron chi connectivity index (χ0n) is 9.11. The zero-order chi connectivity index (χ0) is 11.0. The number of aromatic amines is 1. The van der Waals surface area contributed by atoms with Gasteiger partial charge in [-0.2, -0.15) is 5.10 Å². The summed E-state index contributed by atoms with van der Waals surface area (Å²) in [4.78, 5) is 0. The van der Waals surface area contributed by atoms with E-state index in [2.05, 4.69) is 22.3 Å². The third-order valence-electron chi connectivity index (χ3n) is 3.37. The van der Waals surface area contributed by atoms with Gasteiger partial charge in [-0.15, -0.1) is 0 Å². The monoisotopic (exact) mass is 213 g/mol. The molecule has 0 saturated heterocycles. The summed E-state index contributed by atoms with van der Waals surface area (Å²) in [7, 11) is 0. The summed E-state index contributed by atoms with van der Waals surface area (Å²) in [5, 5.41) is 7.28. The number of fused-ring (bicyclic) bond motifs is 1. The Morgan fingerprint density at radius 3 is 2.88 bits per heavy atom. The standard InChI is InChI=1S/C13H15N3/c14-10-6-4-9(5-7-10)11-2-1-3-13-12(11)8-15-16-13/h4-8,11H,1-3,14H2,(H,15,16). The number of aryl methyl sites for hydroxylation is 1. The highest BCUT2D eigenvalue weighted by atomic mass is 15.1. The minimum absolute atomic E-state index is 0.489. The Bertz CT molecular complexity index is 484. The number of hydrogen-bond acceptors (Lipinski definition) is 2. The van der Waals surface area contributed by atoms with Crippen LogP contribution in [0.25, 0.3) is 0 Å². The molecule has 0 bridgehead atoms. The van der Waals surface area contributed by atoms with Crippen LogP contribution in [0.15, 0.2) is 30.5 Å². The molecule has 16 heavy (non-hydrogen) atoms. The number of nitrogens with zero attached hydrogens (tertiary/aromatic N) is 1. The van der Waals surface area contributed by atoms with Gasteiger partial charge in [0.25, 0.3) is 0 Å². The predicted molar refractivity (Wildman–Crippen MR) is 64.2 cm³/mol. The van der Waals surface area contributed by atoms with E-state index in [-0.39, 0.29) is 0 Å². The van der Waals surface area contributed by atoms with Gasteiger partial charge in [-0.25, -0.2) is 0 Å². The summed E-state index contributed by atoms with van der Waals surface area (Å²) in [6.45, 7) is 0. The lowest BCUT2D eigenvalue weighted by molar-refractivity contribution is 0.610. The molecule has 3 rings (SSSR count). The summed E-state index contributed by atoms with van der Waals surface area (Å²) in [6.07, 6.45) is 5.56. The summed E-state index contributed by atoms with van der Waals surface area (Å²) in [5.74, 6) is 0.489. The van der Waals surface area contributed by atoms with Crippen LogP contribution in [0.3, 0.4) is 0 Å². The average molecular weight is 213 g/mol. The largest absolute Gasteiger partial charge is 0.399 e. The SMILES string of the molecule is Nc1ccc(C2CCCc3n[nH]cc32)cc1. The van der Waals surface area contributed by atoms with E-state index >= 15 is 0 Å². The Labute approximate surface area is 94.7 Å². The van der Waals surface area contributed by atoms with Crippen LogP contribution in [0.2, 0.25) is 0 Å². The van der Waals surface area contributed by atoms with Gasteiger partial charge in [0.2, 0.25) is 0 Å². The van der Waals surface area contributed by atoms with Crippen molar-refractivity contribution in [1.82, 2.24) is 10.2 Å². The number of aromatic nitrogens is 2. The number of nitrogens with two attached hydrogens (primary N) is 1. The van der Waals surface area contributed by atoms with Crippen molar-refractivity contribution in [2.45, 2.75) is 25.2 Å². The highest BCUT2D eigenvalue weighted by molar-refractivity contribution is 5.43. The van der Waals surface area contributed by atoms with Crippen LogP contribution in [0.5, 0.6) is 0 Å². The van der Waals surface area contributed by atoms with Gasteiger partial charge in [0, 0.05) is 23.4 Å². The third-order valence-corrected chi connectivity index (χ3v) is 3.37. The van der Waals surface area contributed by atoms with Gasteiger partial charge in [-0.1, -0.05) is 12.1 Å². The van der Waals surface area contributed by atoms with Crippen LogP contribution in [0, 0.1) is 0 Å². The highest BCUT2D eigenvalue weighted by Crippen LogP contribution is 2.35. The van der Waals surface area contributed by atoms with Crippen LogP contribution >= 0.6 is 0 Å². The molecule has 0 aliphatic heterocycles. The normalized spacial score (nSPS) is 19.4. The van der Waals surface area contributed by atoms with Gasteiger partial charge in [0.05, 0.1) is 5.69 Å². The van der Waals surface area contributed by atoms with Crippen molar-refractivity contribution in [3.05, 3.63) is 47.3 Å². The number of rotatable bonds is 1. The first kappa shape index (κ1) is 9.46. The Hall–Kier alpha value is -1.77. The lowest BCUT2D eigenvalue weighted by Crippen LogP contribution is -2.09. The Morgan fingerprint density at radius 2 is 2.06 bits per heavy atom. The molecule has 0 fully saturated rings. The van der Waals surface area contributed by atoms with Crippen molar-refractivity contribution in [2.75, 3.05) is 5.73 Å². The van der Waals surface area contributed by atoms with Gasteiger partial charge in [-0.05, 0) is 37.0 Å². The number of nitrogens with one attached hydrogen (secondary N) is 1. The predicted octanol–water partition coefficient (Wildman–Crippen LogP) is 2.46. The lowest BCUT2D eigenvalue weighted by Gasteiger charge is -2.21. The number of nitrogen functional groups attached to an aromatic ring is 1. The highest BCUT2D eigenvalue weighted by Gasteiger charge is 2.23. The molecule has 0 radical (unpaired) electrons. The van der Waals surface area contributed by atoms with Crippen LogP contribution in [0.4, 0.5) is 5.69 Å². The van der Waals surface area contributed by atoms with E-state index in [9.17, 15) is 0 Å². The van der Waals surface area contributed by atoms with E-state index in [1.54, 1.807) is 0 Å². The summed E-state index contributed by atoms with van der Waals surface area (Å²) in [5.41, 5.74) is 10.5. The fourth-order valence-electron chi connectivity index (χ4n) is 2.53. The molecule has 1 unspecified atom stereocenters. The van der Waals surface area contributed by atoms with Crippen LogP contribution in [-0.2, 0) is 6.42 Å². The van der Waals surface area contributed by atoms with E-state index in [0.717, 1.165) is 12.1 Å². The van der Waals surface area contributed by atoms with Gasteiger partial charge in [0.1, 0.15) is 0 Å². The topological polar surface area (TPSA) is 54.7 Å². The molecule has 1 aromatic heterocycles. The van der Waals surface area contributed by atoms with E-state index in [0.29, 0.717) is 5.92 Å². The minimum atomic E-state index is 0.489. The van der Waals surface area contributed by atoms with Gasteiger partial charge >= 0.3 is 0 Å². The molecule has 2 aromatic rings. The quantitative estimate of drug-likeness (QED) is 0.715. The van der Waals surface area contributed by atoms with E-state index in [4.69, 9.17) is 5.73 Å². The third kappa shape index (κ3) is 1.48. The van der Waals surface area contributed by atoms with Crippen molar-refractivity contribution in [1.29, 1.82) is 0 Å². The van der Waals surface area contributed by atoms with Crippen molar-refractivity contribution >= 4 is 5.69 Å². The fraction of sp³-hybridized carbons (Fsp3) is 0.308. The second-order valence-corrected chi connectivity index (χ2v) is 4.40. The van der Waals surface area contributed by atoms with E-state index in [1.807, 2.05) is 18.3 Å². The molecule has 1 atom stereocenters. The summed E-state index contributed by atoms with van der Waals surface area (Å²) < 4.78 is 0. The van der Waals surface area contributed by atoms with Crippen LogP contribution < -0.4 is 5.73 Å². The van der Waals surface area contributed by atoms with Crippen molar-refractivity contribution in [3.63, 3.8) is 0 Å². The van der Waals surface area contributed by atoms with Crippen molar-refractivity contribution < 1.29 is 0 Å². The van der Waals surface area contributed by atoms with Crippen molar-refractivity contribution in [2.24, 2.45) is 0 Å². The zero-order valence-corrected chi connectivity index (χ0v) is 9.11. The molecular weight excluding hydrogens is 198 g/mol. The first-order valence-electron chi connectivity index (χ1n) is 5.72. The number of anilines is 1. The van der Waals surface area contributed by atoms with E-state index in [1.165, 1.54) is 29.7 Å². The molecule has 0 saturated carbocycles. The molecule has 0 spiro atoms. The molecule has 1 aromatic carbocycles. The van der Waals surface area contributed by atoms with Gasteiger partial charge in [0.15, 0.2) is 0 Å². The first-order chi connectivity index (χ1) is 7.84. The Morgan fingerprint density at radius 1 is 1.25 bits per heavy atom. The smallest absolute Gasteiger partial charge is 0.0660 e. The molecular formula is C13H15N3. The average Bonchev–Trinajstić information content (AvgIpc) is 2.78. The summed E-state index contributed by atoms with van der Waals surface area (Å²) >= 11 is 0. The molecule has 3 N–H and O–H groups in total. The first-order valence-corrected chi connectivity index (χ1v) is 5.72. The molecule has 1 aliphatic rings. The minimum Gasteiger partial charge on any atom is -0.399 e. The number of hydrogen-bond donors (Lipinski definition) is 2. The van der Waals surface area contributed by atoms with Crippen LogP contribution in [0.1, 0.15) is 35.6 Å². The van der Waals surface area contributed by atoms with Crippen molar-refractivity contribution in [3.8, 4) is 0 Å². The maximum absolute atomic E-state index is 5.71. The van der Waals surface area contributed by atoms with Gasteiger partial charge in [-0.3, -0.25) is 5.10 Å². The van der Waals surface area contributed by atoms with E-state index < -0.39 is 0 Å². The van der Waals surface area contributed by atoms with Crippen LogP contribution in [-0.4, -0.2) is 10.2 Å². The fourth-order valence-corrected chi connectivity index (χ4v) is 2.53. The molecule has 0 amide bonds. The summed E-state index contributed by atoms with van der Waals surface area (Å²) in [6, 6.07) is 8.21. The number of benzene rings is 1. The second-order valence-electron chi connectivity index (χ2n) is 4.40. The molecule has 1 aliphatic carbocycles. The number of H-pyrrole nitrogens is 1. The molecule has 3 heteroatoms. The maximum Gasteiger partial charge on any atom is 0.0660 e. The molecule has 82 valence electrons.